The topological polar surface area (TPSA) is 50.8 Å². The number of nitrogens with zero attached hydrogens (tertiary/aromatic N) is 1. The van der Waals surface area contributed by atoms with Crippen molar-refractivity contribution in [1.82, 2.24) is 4.90 Å². The van der Waals surface area contributed by atoms with E-state index in [0.717, 1.165) is 5.56 Å². The summed E-state index contributed by atoms with van der Waals surface area (Å²) < 4.78 is 34.8. The molecule has 1 N–H and O–H groups in total. The number of hydrogen-bond acceptors (Lipinski definition) is 4. The zero-order valence-electron chi connectivity index (χ0n) is 15.6. The van der Waals surface area contributed by atoms with Gasteiger partial charge >= 0.3 is 6.61 Å². The van der Waals surface area contributed by atoms with E-state index in [1.54, 1.807) is 31.0 Å². The van der Waals surface area contributed by atoms with Crippen molar-refractivity contribution in [2.45, 2.75) is 20.1 Å². The first-order valence-corrected chi connectivity index (χ1v) is 9.66. The van der Waals surface area contributed by atoms with Crippen LogP contribution in [-0.4, -0.2) is 37.6 Å². The van der Waals surface area contributed by atoms with Gasteiger partial charge < -0.3 is 14.8 Å². The van der Waals surface area contributed by atoms with Crippen LogP contribution in [-0.2, 0) is 11.3 Å². The van der Waals surface area contributed by atoms with E-state index in [2.05, 4.69) is 10.1 Å². The van der Waals surface area contributed by atoms with Gasteiger partial charge in [-0.05, 0) is 43.8 Å². The Labute approximate surface area is 182 Å². The third-order valence-electron chi connectivity index (χ3n) is 3.66. The fraction of sp³-hybridized carbons (Fsp3) is 0.316. The van der Waals surface area contributed by atoms with E-state index in [-0.39, 0.29) is 39.7 Å². The molecule has 0 aliphatic heterocycles. The third-order valence-corrected chi connectivity index (χ3v) is 4.48. The number of benzene rings is 2. The van der Waals surface area contributed by atoms with E-state index < -0.39 is 6.61 Å². The van der Waals surface area contributed by atoms with Gasteiger partial charge in [-0.15, -0.1) is 0 Å². The predicted molar refractivity (Wildman–Crippen MR) is 111 cm³/mol. The number of halogens is 5. The van der Waals surface area contributed by atoms with Crippen LogP contribution in [0.15, 0.2) is 30.3 Å². The monoisotopic (exact) mass is 466 g/mol. The lowest BCUT2D eigenvalue weighted by Gasteiger charge is -2.18. The molecule has 0 unspecified atom stereocenters. The van der Waals surface area contributed by atoms with Crippen LogP contribution in [0.1, 0.15) is 12.5 Å². The number of anilines is 1. The molecule has 0 aromatic heterocycles. The molecule has 0 saturated heterocycles. The Morgan fingerprint density at radius 3 is 2.38 bits per heavy atom. The number of ether oxygens (including phenoxy) is 2. The van der Waals surface area contributed by atoms with Crippen molar-refractivity contribution in [1.29, 1.82) is 0 Å². The maximum Gasteiger partial charge on any atom is 0.387 e. The highest BCUT2D eigenvalue weighted by Crippen LogP contribution is 2.34. The van der Waals surface area contributed by atoms with Gasteiger partial charge in [-0.25, -0.2) is 0 Å². The Kier molecular flexibility index (Phi) is 8.77. The smallest absolute Gasteiger partial charge is 0.387 e. The molecule has 2 aromatic carbocycles. The van der Waals surface area contributed by atoms with Gasteiger partial charge in [0.2, 0.25) is 5.91 Å². The van der Waals surface area contributed by atoms with Gasteiger partial charge in [0.25, 0.3) is 0 Å². The molecule has 158 valence electrons. The lowest BCUT2D eigenvalue weighted by Crippen LogP contribution is -2.30. The molecular formula is C19H19Cl3F2N2O3. The number of carbonyl (C=O) groups excluding carboxylic acids is 1. The average molecular weight is 468 g/mol. The molecule has 0 atom stereocenters. The number of amides is 1. The minimum Gasteiger partial charge on any atom is -0.490 e. The SMILES string of the molecule is CCOc1cc(CN(C)CC(=O)Nc2c(Cl)cc(Cl)cc2Cl)ccc1OC(F)F. The van der Waals surface area contributed by atoms with E-state index in [1.807, 2.05) is 0 Å². The van der Waals surface area contributed by atoms with Crippen LogP contribution in [0.25, 0.3) is 0 Å². The second-order valence-electron chi connectivity index (χ2n) is 6.06. The summed E-state index contributed by atoms with van der Waals surface area (Å²) in [7, 11) is 1.73. The Bertz CT molecular complexity index is 846. The lowest BCUT2D eigenvalue weighted by atomic mass is 10.2. The summed E-state index contributed by atoms with van der Waals surface area (Å²) in [5, 5.41) is 3.48. The van der Waals surface area contributed by atoms with Crippen LogP contribution < -0.4 is 14.8 Å². The maximum atomic E-state index is 12.5. The minimum absolute atomic E-state index is 0.0362. The van der Waals surface area contributed by atoms with Gasteiger partial charge in [-0.3, -0.25) is 9.69 Å². The molecule has 10 heteroatoms. The van der Waals surface area contributed by atoms with E-state index >= 15 is 0 Å². The lowest BCUT2D eigenvalue weighted by molar-refractivity contribution is -0.117. The van der Waals surface area contributed by atoms with E-state index in [9.17, 15) is 13.6 Å². The molecule has 0 saturated carbocycles. The highest BCUT2D eigenvalue weighted by molar-refractivity contribution is 6.42. The number of likely N-dealkylation sites (N-methyl/N-ethyl adjacent to an activating group) is 1. The summed E-state index contributed by atoms with van der Waals surface area (Å²) in [6.45, 7) is -0.511. The van der Waals surface area contributed by atoms with Crippen LogP contribution in [0.3, 0.4) is 0 Å². The molecule has 29 heavy (non-hydrogen) atoms. The maximum absolute atomic E-state index is 12.5. The Morgan fingerprint density at radius 1 is 1.14 bits per heavy atom. The molecule has 2 rings (SSSR count). The minimum atomic E-state index is -2.95. The predicted octanol–water partition coefficient (Wildman–Crippen LogP) is 5.72. The van der Waals surface area contributed by atoms with Gasteiger partial charge in [-0.1, -0.05) is 40.9 Å². The van der Waals surface area contributed by atoms with E-state index in [4.69, 9.17) is 39.5 Å². The van der Waals surface area contributed by atoms with Crippen molar-refractivity contribution in [2.24, 2.45) is 0 Å². The number of alkyl halides is 2. The summed E-state index contributed by atoms with van der Waals surface area (Å²) in [6, 6.07) is 7.59. The molecule has 0 aliphatic carbocycles. The van der Waals surface area contributed by atoms with Crippen LogP contribution in [0.5, 0.6) is 11.5 Å². The fourth-order valence-corrected chi connectivity index (χ4v) is 3.48. The second kappa shape index (κ2) is 10.8. The highest BCUT2D eigenvalue weighted by atomic mass is 35.5. The van der Waals surface area contributed by atoms with Crippen molar-refractivity contribution in [2.75, 3.05) is 25.5 Å². The van der Waals surface area contributed by atoms with Crippen molar-refractivity contribution in [3.63, 3.8) is 0 Å². The molecule has 0 heterocycles. The number of carbonyl (C=O) groups is 1. The summed E-state index contributed by atoms with van der Waals surface area (Å²) in [5.74, 6) is -0.165. The van der Waals surface area contributed by atoms with E-state index in [0.29, 0.717) is 18.2 Å². The first-order valence-electron chi connectivity index (χ1n) is 8.53. The molecule has 2 aromatic rings. The van der Waals surface area contributed by atoms with Crippen molar-refractivity contribution in [3.8, 4) is 11.5 Å². The van der Waals surface area contributed by atoms with Gasteiger partial charge in [0.15, 0.2) is 11.5 Å². The standard InChI is InChI=1S/C19H19Cl3F2N2O3/c1-3-28-16-6-11(4-5-15(16)29-19(23)24)9-26(2)10-17(27)25-18-13(21)7-12(20)8-14(18)22/h4-8,19H,3,9-10H2,1-2H3,(H,25,27). The summed E-state index contributed by atoms with van der Waals surface area (Å²) in [4.78, 5) is 14.0. The van der Waals surface area contributed by atoms with Crippen LogP contribution in [0, 0.1) is 0 Å². The summed E-state index contributed by atoms with van der Waals surface area (Å²) in [5.41, 5.74) is 1.04. The molecule has 0 fully saturated rings. The zero-order chi connectivity index (χ0) is 21.6. The zero-order valence-corrected chi connectivity index (χ0v) is 17.9. The largest absolute Gasteiger partial charge is 0.490 e. The molecule has 0 bridgehead atoms. The first kappa shape index (κ1) is 23.5. The second-order valence-corrected chi connectivity index (χ2v) is 7.31. The number of nitrogens with one attached hydrogen (secondary N) is 1. The first-order chi connectivity index (χ1) is 13.7. The Balaban J connectivity index is 2.02. The van der Waals surface area contributed by atoms with Crippen molar-refractivity contribution >= 4 is 46.4 Å². The highest BCUT2D eigenvalue weighted by Gasteiger charge is 2.15. The van der Waals surface area contributed by atoms with Gasteiger partial charge in [0, 0.05) is 11.6 Å². The summed E-state index contributed by atoms with van der Waals surface area (Å²) in [6.07, 6.45) is 0. The van der Waals surface area contributed by atoms with Crippen LogP contribution >= 0.6 is 34.8 Å². The van der Waals surface area contributed by atoms with Crippen LogP contribution in [0.4, 0.5) is 14.5 Å². The molecular weight excluding hydrogens is 449 g/mol. The van der Waals surface area contributed by atoms with E-state index in [1.165, 1.54) is 18.2 Å². The quantitative estimate of drug-likeness (QED) is 0.513. The van der Waals surface area contributed by atoms with Crippen molar-refractivity contribution in [3.05, 3.63) is 51.0 Å². The fourth-order valence-electron chi connectivity index (χ4n) is 2.57. The Hall–Kier alpha value is -1.80. The average Bonchev–Trinajstić information content (AvgIpc) is 2.60. The number of hydrogen-bond donors (Lipinski definition) is 1. The normalized spacial score (nSPS) is 11.1. The number of rotatable bonds is 9. The molecule has 0 spiro atoms. The summed E-state index contributed by atoms with van der Waals surface area (Å²) >= 11 is 18.0. The third kappa shape index (κ3) is 7.19. The van der Waals surface area contributed by atoms with Gasteiger partial charge in [-0.2, -0.15) is 8.78 Å². The van der Waals surface area contributed by atoms with Gasteiger partial charge in [0.05, 0.1) is 28.9 Å². The van der Waals surface area contributed by atoms with Gasteiger partial charge in [0.1, 0.15) is 0 Å². The van der Waals surface area contributed by atoms with Crippen molar-refractivity contribution < 1.29 is 23.0 Å². The molecule has 1 amide bonds. The molecule has 5 nitrogen and oxygen atoms in total. The molecule has 0 radical (unpaired) electrons. The molecule has 0 aliphatic rings. The Morgan fingerprint density at radius 2 is 1.79 bits per heavy atom. The van der Waals surface area contributed by atoms with Crippen LogP contribution in [0.2, 0.25) is 15.1 Å².